The lowest BCUT2D eigenvalue weighted by atomic mass is 9.79. The van der Waals surface area contributed by atoms with Crippen molar-refractivity contribution in [3.8, 4) is 11.5 Å². The van der Waals surface area contributed by atoms with Gasteiger partial charge in [-0.1, -0.05) is 6.07 Å². The van der Waals surface area contributed by atoms with Crippen molar-refractivity contribution in [3.05, 3.63) is 18.2 Å². The summed E-state index contributed by atoms with van der Waals surface area (Å²) in [6, 6.07) is 5.70. The summed E-state index contributed by atoms with van der Waals surface area (Å²) in [5.74, 6) is 1.34. The molecule has 0 saturated carbocycles. The normalized spacial score (nSPS) is 19.3. The Labute approximate surface area is 133 Å². The van der Waals surface area contributed by atoms with E-state index in [1.54, 1.807) is 14.2 Å². The Morgan fingerprint density at radius 3 is 2.14 bits per heavy atom. The zero-order valence-corrected chi connectivity index (χ0v) is 14.3. The molecule has 0 unspecified atom stereocenters. The average molecular weight is 308 g/mol. The SMILES string of the molecule is COCCOc1ccc(B2OC(C)(C)C(C)(C)O2)cc1OC. The van der Waals surface area contributed by atoms with Gasteiger partial charge in [-0.3, -0.25) is 0 Å². The van der Waals surface area contributed by atoms with Gasteiger partial charge in [0.1, 0.15) is 6.61 Å². The first-order valence-corrected chi connectivity index (χ1v) is 7.46. The molecule has 1 aromatic rings. The maximum atomic E-state index is 6.05. The van der Waals surface area contributed by atoms with Crippen molar-refractivity contribution < 1.29 is 23.5 Å². The lowest BCUT2D eigenvalue weighted by Gasteiger charge is -2.32. The van der Waals surface area contributed by atoms with E-state index in [9.17, 15) is 0 Å². The Hall–Kier alpha value is -1.24. The van der Waals surface area contributed by atoms with Gasteiger partial charge >= 0.3 is 7.12 Å². The van der Waals surface area contributed by atoms with Gasteiger partial charge in [-0.25, -0.2) is 0 Å². The molecule has 0 atom stereocenters. The number of methoxy groups -OCH3 is 2. The summed E-state index contributed by atoms with van der Waals surface area (Å²) in [6.07, 6.45) is 0. The second kappa shape index (κ2) is 6.48. The molecule has 0 bridgehead atoms. The molecule has 6 heteroatoms. The molecule has 1 saturated heterocycles. The second-order valence-electron chi connectivity index (χ2n) is 6.34. The smallest absolute Gasteiger partial charge is 0.493 e. The van der Waals surface area contributed by atoms with Crippen LogP contribution in [-0.2, 0) is 14.0 Å². The molecule has 5 nitrogen and oxygen atoms in total. The van der Waals surface area contributed by atoms with Gasteiger partial charge in [0.15, 0.2) is 11.5 Å². The fraction of sp³-hybridized carbons (Fsp3) is 0.625. The third kappa shape index (κ3) is 3.40. The van der Waals surface area contributed by atoms with Crippen molar-refractivity contribution in [1.82, 2.24) is 0 Å². The summed E-state index contributed by atoms with van der Waals surface area (Å²) < 4.78 is 28.1. The molecule has 1 aliphatic heterocycles. The maximum absolute atomic E-state index is 6.05. The predicted octanol–water partition coefficient (Wildman–Crippen LogP) is 2.02. The zero-order valence-electron chi connectivity index (χ0n) is 14.3. The number of hydrogen-bond donors (Lipinski definition) is 0. The van der Waals surface area contributed by atoms with Gasteiger partial charge < -0.3 is 23.5 Å². The summed E-state index contributed by atoms with van der Waals surface area (Å²) in [4.78, 5) is 0. The quantitative estimate of drug-likeness (QED) is 0.594. The molecule has 1 aliphatic rings. The van der Waals surface area contributed by atoms with Gasteiger partial charge in [0, 0.05) is 7.11 Å². The first-order valence-electron chi connectivity index (χ1n) is 7.46. The van der Waals surface area contributed by atoms with Crippen molar-refractivity contribution in [2.45, 2.75) is 38.9 Å². The van der Waals surface area contributed by atoms with E-state index in [0.717, 1.165) is 5.46 Å². The van der Waals surface area contributed by atoms with E-state index in [-0.39, 0.29) is 11.2 Å². The first kappa shape index (κ1) is 17.1. The fourth-order valence-electron chi connectivity index (χ4n) is 2.16. The van der Waals surface area contributed by atoms with E-state index in [0.29, 0.717) is 24.7 Å². The van der Waals surface area contributed by atoms with Crippen LogP contribution < -0.4 is 14.9 Å². The minimum Gasteiger partial charge on any atom is -0.493 e. The Kier molecular flexibility index (Phi) is 5.05. The van der Waals surface area contributed by atoms with E-state index >= 15 is 0 Å². The van der Waals surface area contributed by atoms with Crippen molar-refractivity contribution in [2.24, 2.45) is 0 Å². The van der Waals surface area contributed by atoms with Gasteiger partial charge in [-0.05, 0) is 45.3 Å². The molecular weight excluding hydrogens is 283 g/mol. The Morgan fingerprint density at radius 1 is 0.955 bits per heavy atom. The van der Waals surface area contributed by atoms with Crippen LogP contribution in [-0.4, -0.2) is 45.8 Å². The number of benzene rings is 1. The molecule has 0 amide bonds. The molecule has 0 N–H and O–H groups in total. The largest absolute Gasteiger partial charge is 0.494 e. The molecule has 1 aromatic carbocycles. The van der Waals surface area contributed by atoms with Gasteiger partial charge in [-0.15, -0.1) is 0 Å². The van der Waals surface area contributed by atoms with Gasteiger partial charge in [0.25, 0.3) is 0 Å². The third-order valence-corrected chi connectivity index (χ3v) is 4.26. The van der Waals surface area contributed by atoms with Crippen LogP contribution in [0.2, 0.25) is 0 Å². The Bertz CT molecular complexity index is 499. The summed E-state index contributed by atoms with van der Waals surface area (Å²) >= 11 is 0. The first-order chi connectivity index (χ1) is 10.3. The maximum Gasteiger partial charge on any atom is 0.494 e. The minimum atomic E-state index is -0.410. The van der Waals surface area contributed by atoms with Crippen molar-refractivity contribution in [2.75, 3.05) is 27.4 Å². The molecule has 0 aromatic heterocycles. The van der Waals surface area contributed by atoms with Gasteiger partial charge in [-0.2, -0.15) is 0 Å². The van der Waals surface area contributed by atoms with E-state index in [1.807, 2.05) is 45.9 Å². The molecule has 1 fully saturated rings. The second-order valence-corrected chi connectivity index (χ2v) is 6.34. The molecular formula is C16H25BO5. The Morgan fingerprint density at radius 2 is 1.59 bits per heavy atom. The topological polar surface area (TPSA) is 46.2 Å². The molecule has 0 spiro atoms. The molecule has 2 rings (SSSR count). The van der Waals surface area contributed by atoms with Crippen LogP contribution in [0.4, 0.5) is 0 Å². The Balaban J connectivity index is 2.16. The molecule has 0 aliphatic carbocycles. The zero-order chi connectivity index (χ0) is 16.4. The van der Waals surface area contributed by atoms with E-state index in [2.05, 4.69) is 0 Å². The van der Waals surface area contributed by atoms with Crippen LogP contribution in [0.5, 0.6) is 11.5 Å². The van der Waals surface area contributed by atoms with Crippen molar-refractivity contribution in [1.29, 1.82) is 0 Å². The van der Waals surface area contributed by atoms with Crippen LogP contribution in [0.15, 0.2) is 18.2 Å². The number of rotatable bonds is 6. The lowest BCUT2D eigenvalue weighted by molar-refractivity contribution is 0.00578. The van der Waals surface area contributed by atoms with Crippen LogP contribution in [0.3, 0.4) is 0 Å². The third-order valence-electron chi connectivity index (χ3n) is 4.26. The van der Waals surface area contributed by atoms with Crippen LogP contribution in [0.1, 0.15) is 27.7 Å². The highest BCUT2D eigenvalue weighted by molar-refractivity contribution is 6.62. The van der Waals surface area contributed by atoms with Crippen LogP contribution in [0, 0.1) is 0 Å². The standard InChI is InChI=1S/C16H25BO5/c1-15(2)16(3,4)22-17(21-15)12-7-8-13(14(11-12)19-6)20-10-9-18-5/h7-8,11H,9-10H2,1-6H3. The van der Waals surface area contributed by atoms with E-state index in [1.165, 1.54) is 0 Å². The highest BCUT2D eigenvalue weighted by Gasteiger charge is 2.51. The highest BCUT2D eigenvalue weighted by atomic mass is 16.7. The average Bonchev–Trinajstić information content (AvgIpc) is 2.68. The minimum absolute atomic E-state index is 0.363. The molecule has 0 radical (unpaired) electrons. The number of ether oxygens (including phenoxy) is 3. The summed E-state index contributed by atoms with van der Waals surface area (Å²) in [5.41, 5.74) is 0.187. The van der Waals surface area contributed by atoms with Gasteiger partial charge in [0.05, 0.1) is 24.9 Å². The summed E-state index contributed by atoms with van der Waals surface area (Å²) in [5, 5.41) is 0. The monoisotopic (exact) mass is 308 g/mol. The van der Waals surface area contributed by atoms with Gasteiger partial charge in [0.2, 0.25) is 0 Å². The van der Waals surface area contributed by atoms with Crippen LogP contribution >= 0.6 is 0 Å². The molecule has 22 heavy (non-hydrogen) atoms. The van der Waals surface area contributed by atoms with E-state index < -0.39 is 7.12 Å². The molecule has 1 heterocycles. The van der Waals surface area contributed by atoms with Crippen molar-refractivity contribution in [3.63, 3.8) is 0 Å². The van der Waals surface area contributed by atoms with Crippen LogP contribution in [0.25, 0.3) is 0 Å². The molecule has 122 valence electrons. The summed E-state index contributed by atoms with van der Waals surface area (Å²) in [7, 11) is 2.85. The predicted molar refractivity (Wildman–Crippen MR) is 86.1 cm³/mol. The van der Waals surface area contributed by atoms with E-state index in [4.69, 9.17) is 23.5 Å². The lowest BCUT2D eigenvalue weighted by Crippen LogP contribution is -2.41. The van der Waals surface area contributed by atoms with Crippen molar-refractivity contribution >= 4 is 12.6 Å². The highest BCUT2D eigenvalue weighted by Crippen LogP contribution is 2.37. The number of hydrogen-bond acceptors (Lipinski definition) is 5. The fourth-order valence-corrected chi connectivity index (χ4v) is 2.16. The summed E-state index contributed by atoms with van der Waals surface area (Å²) in [6.45, 7) is 9.14.